The maximum absolute atomic E-state index is 8.61. The van der Waals surface area contributed by atoms with E-state index in [1.807, 2.05) is 0 Å². The van der Waals surface area contributed by atoms with Crippen LogP contribution in [0.15, 0.2) is 0 Å². The van der Waals surface area contributed by atoms with Crippen molar-refractivity contribution in [1.82, 2.24) is 6.15 Å². The molecule has 0 radical (unpaired) electrons. The Bertz CT molecular complexity index is 57.8. The normalized spacial score (nSPS) is 8.43. The fourth-order valence-electron chi connectivity index (χ4n) is 0. The summed E-state index contributed by atoms with van der Waals surface area (Å²) in [7, 11) is 0. The third kappa shape index (κ3) is 290. The number of rotatable bonds is 0. The van der Waals surface area contributed by atoms with Gasteiger partial charge in [0, 0.05) is 0 Å². The Morgan fingerprint density at radius 2 is 1.14 bits per heavy atom. The molecule has 0 aromatic carbocycles. The summed E-state index contributed by atoms with van der Waals surface area (Å²) in [6.45, 7) is 0. The molecule has 0 bridgehead atoms. The predicted octanol–water partition coefficient (Wildman–Crippen LogP) is -3.69. The summed E-state index contributed by atoms with van der Waals surface area (Å²) >= 11 is -5.88. The Morgan fingerprint density at radius 3 is 1.14 bits per heavy atom. The molecule has 50 valence electrons. The first-order chi connectivity index (χ1) is 2.00. The van der Waals surface area contributed by atoms with E-state index in [1.165, 1.54) is 0 Å². The summed E-state index contributed by atoms with van der Waals surface area (Å²) in [6, 6.07) is 0. The van der Waals surface area contributed by atoms with Crippen LogP contribution in [0.25, 0.3) is 0 Å². The van der Waals surface area contributed by atoms with Gasteiger partial charge in [-0.15, -0.1) is 0 Å². The molecule has 7 heteroatoms. The van der Waals surface area contributed by atoms with Crippen molar-refractivity contribution in [2.45, 2.75) is 0 Å². The molecule has 0 unspecified atom stereocenters. The van der Waals surface area contributed by atoms with Gasteiger partial charge in [0.1, 0.15) is 0 Å². The molecular formula is H4AsCuNO4-. The SMILES string of the molecule is O=[As]([O-])([O-])[O-].[Cu+].[NH4+]. The molecule has 0 atom stereocenters. The van der Waals surface area contributed by atoms with Crippen molar-refractivity contribution in [1.29, 1.82) is 0 Å². The van der Waals surface area contributed by atoms with E-state index in [4.69, 9.17) is 16.0 Å². The largest absolute Gasteiger partial charge is 1.00 e. The van der Waals surface area contributed by atoms with E-state index in [1.54, 1.807) is 0 Å². The Morgan fingerprint density at radius 1 is 1.14 bits per heavy atom. The van der Waals surface area contributed by atoms with Gasteiger partial charge in [0.05, 0.1) is 0 Å². The van der Waals surface area contributed by atoms with Crippen LogP contribution < -0.4 is 18.4 Å². The van der Waals surface area contributed by atoms with Crippen molar-refractivity contribution in [3.05, 3.63) is 0 Å². The van der Waals surface area contributed by atoms with Crippen LogP contribution >= 0.6 is 0 Å². The van der Waals surface area contributed by atoms with E-state index in [2.05, 4.69) is 0 Å². The number of hydrogen-bond acceptors (Lipinski definition) is 4. The second-order valence-corrected chi connectivity index (χ2v) is 2.32. The van der Waals surface area contributed by atoms with Gasteiger partial charge in [-0.1, -0.05) is 0 Å². The summed E-state index contributed by atoms with van der Waals surface area (Å²) in [6.07, 6.45) is 0. The number of quaternary nitrogens is 1. The maximum Gasteiger partial charge on any atom is 1.00 e. The molecule has 0 aromatic rings. The van der Waals surface area contributed by atoms with E-state index in [0.717, 1.165) is 0 Å². The molecule has 0 aliphatic carbocycles. The van der Waals surface area contributed by atoms with Crippen molar-refractivity contribution in [2.75, 3.05) is 0 Å². The molecule has 0 fully saturated rings. The van der Waals surface area contributed by atoms with Gasteiger partial charge in [-0.2, -0.15) is 0 Å². The van der Waals surface area contributed by atoms with Gasteiger partial charge in [0.2, 0.25) is 0 Å². The zero-order valence-corrected chi connectivity index (χ0v) is 6.20. The summed E-state index contributed by atoms with van der Waals surface area (Å²) in [5.41, 5.74) is 0. The Hall–Kier alpha value is 0.718. The molecule has 0 saturated heterocycles. The molecule has 5 nitrogen and oxygen atoms in total. The van der Waals surface area contributed by atoms with E-state index in [-0.39, 0.29) is 23.2 Å². The first kappa shape index (κ1) is 15.6. The summed E-state index contributed by atoms with van der Waals surface area (Å²) < 4.78 is 34.4. The topological polar surface area (TPSA) is 123 Å². The minimum atomic E-state index is -5.88. The minimum Gasteiger partial charge on any atom is -0.369 e. The summed E-state index contributed by atoms with van der Waals surface area (Å²) in [5, 5.41) is 0. The van der Waals surface area contributed by atoms with Crippen LogP contribution in [0.1, 0.15) is 0 Å². The molecule has 0 heterocycles. The Balaban J connectivity index is -0.0000000800. The van der Waals surface area contributed by atoms with Crippen molar-refractivity contribution in [2.24, 2.45) is 0 Å². The smallest absolute Gasteiger partial charge is 0.369 e. The Labute approximate surface area is 54.1 Å². The molecular weight excluding hydrogens is 216 g/mol. The molecule has 0 aromatic heterocycles. The molecule has 0 rings (SSSR count). The van der Waals surface area contributed by atoms with Crippen LogP contribution in [0, 0.1) is 0 Å². The summed E-state index contributed by atoms with van der Waals surface area (Å²) in [4.78, 5) is 0. The summed E-state index contributed by atoms with van der Waals surface area (Å²) in [5.74, 6) is 0. The number of hydrogen-bond donors (Lipinski definition) is 1. The third-order valence-electron chi connectivity index (χ3n) is 0. The zero-order chi connectivity index (χ0) is 4.50. The van der Waals surface area contributed by atoms with Crippen LogP contribution in [0.5, 0.6) is 0 Å². The molecule has 0 aliphatic rings. The standard InChI is InChI=1S/AsH3O4.Cu.H3N/c2-1(3,4)5;;/h(H3,2,3,4,5);;1H3/q;+1;/p-2. The van der Waals surface area contributed by atoms with Crippen molar-refractivity contribution in [3.63, 3.8) is 0 Å². The van der Waals surface area contributed by atoms with Gasteiger partial charge >= 0.3 is 47.6 Å². The van der Waals surface area contributed by atoms with Gasteiger partial charge in [0.25, 0.3) is 0 Å². The first-order valence-corrected chi connectivity index (χ1v) is 3.79. The van der Waals surface area contributed by atoms with Gasteiger partial charge in [-0.05, 0) is 0 Å². The molecule has 7 heavy (non-hydrogen) atoms. The van der Waals surface area contributed by atoms with E-state index < -0.39 is 14.5 Å². The van der Waals surface area contributed by atoms with Gasteiger partial charge < -0.3 is 6.15 Å². The van der Waals surface area contributed by atoms with E-state index in [0.29, 0.717) is 0 Å². The van der Waals surface area contributed by atoms with Gasteiger partial charge in [-0.25, -0.2) is 0 Å². The minimum absolute atomic E-state index is 0. The van der Waals surface area contributed by atoms with Crippen molar-refractivity contribution >= 4 is 14.5 Å². The first-order valence-electron chi connectivity index (χ1n) is 0.730. The molecule has 0 aliphatic heterocycles. The van der Waals surface area contributed by atoms with Crippen molar-refractivity contribution in [3.8, 4) is 0 Å². The fourth-order valence-corrected chi connectivity index (χ4v) is 0. The molecule has 0 saturated carbocycles. The van der Waals surface area contributed by atoms with E-state index >= 15 is 0 Å². The zero-order valence-electron chi connectivity index (χ0n) is 3.38. The van der Waals surface area contributed by atoms with Crippen molar-refractivity contribution < 1.29 is 33.1 Å². The van der Waals surface area contributed by atoms with Crippen LogP contribution in [-0.4, -0.2) is 14.5 Å². The van der Waals surface area contributed by atoms with Crippen LogP contribution in [0.2, 0.25) is 0 Å². The molecule has 0 amide bonds. The third-order valence-corrected chi connectivity index (χ3v) is 0. The Kier molecular flexibility index (Phi) is 10.9. The molecule has 0 spiro atoms. The van der Waals surface area contributed by atoms with Gasteiger partial charge in [-0.3, -0.25) is 0 Å². The second kappa shape index (κ2) is 4.87. The van der Waals surface area contributed by atoms with Gasteiger partial charge in [0.15, 0.2) is 0 Å². The fraction of sp³-hybridized carbons (Fsp3) is 0. The quantitative estimate of drug-likeness (QED) is 0.422. The maximum atomic E-state index is 8.61. The predicted molar refractivity (Wildman–Crippen MR) is 12.4 cm³/mol. The monoisotopic (exact) mass is 220 g/mol. The molecule has 4 N–H and O–H groups in total. The average Bonchev–Trinajstić information content (AvgIpc) is 0.722. The second-order valence-electron chi connectivity index (χ2n) is 0.447. The van der Waals surface area contributed by atoms with Crippen LogP contribution in [0.3, 0.4) is 0 Å². The van der Waals surface area contributed by atoms with Crippen LogP contribution in [-0.2, 0) is 20.8 Å². The van der Waals surface area contributed by atoms with Crippen LogP contribution in [0.4, 0.5) is 0 Å². The average molecular weight is 221 g/mol. The van der Waals surface area contributed by atoms with E-state index in [9.17, 15) is 0 Å².